The third kappa shape index (κ3) is 5.55. The number of fused-ring (bicyclic) bond motifs is 1. The van der Waals surface area contributed by atoms with Crippen LogP contribution in [0, 0.1) is 0 Å². The highest BCUT2D eigenvalue weighted by Gasteiger charge is 2.35. The predicted molar refractivity (Wildman–Crippen MR) is 129 cm³/mol. The topological polar surface area (TPSA) is 110 Å². The highest BCUT2D eigenvalue weighted by Crippen LogP contribution is 2.24. The second-order valence-corrected chi connectivity index (χ2v) is 10.0. The lowest BCUT2D eigenvalue weighted by molar-refractivity contribution is -0.106. The summed E-state index contributed by atoms with van der Waals surface area (Å²) in [6.45, 7) is 0.0560. The van der Waals surface area contributed by atoms with E-state index in [0.717, 1.165) is 0 Å². The fourth-order valence-corrected chi connectivity index (χ4v) is 4.89. The van der Waals surface area contributed by atoms with Crippen molar-refractivity contribution in [3.63, 3.8) is 0 Å². The number of alkyl halides is 3. The number of hydrogen-bond donors (Lipinski definition) is 2. The molecule has 0 aliphatic carbocycles. The molecule has 4 rings (SSSR count). The van der Waals surface area contributed by atoms with Crippen molar-refractivity contribution < 1.29 is 31.5 Å². The van der Waals surface area contributed by atoms with Crippen molar-refractivity contribution in [2.45, 2.75) is 12.7 Å². The number of carboxylic acid groups (broad SMARTS) is 1. The van der Waals surface area contributed by atoms with E-state index in [-0.39, 0.29) is 17.8 Å². The van der Waals surface area contributed by atoms with Crippen LogP contribution in [0.25, 0.3) is 16.7 Å². The Bertz CT molecular complexity index is 1630. The molecule has 0 bridgehead atoms. The van der Waals surface area contributed by atoms with Crippen LogP contribution in [0.15, 0.2) is 71.5 Å². The maximum Gasteiger partial charge on any atom is 0.404 e. The minimum Gasteiger partial charge on any atom is -0.478 e. The predicted octanol–water partition coefficient (Wildman–Crippen LogP) is 4.50. The van der Waals surface area contributed by atoms with Crippen LogP contribution < -0.4 is 10.4 Å². The number of carbonyl (C=O) groups is 1. The van der Waals surface area contributed by atoms with Gasteiger partial charge in [-0.2, -0.15) is 13.2 Å². The number of nitrogens with one attached hydrogen (secondary N) is 1. The molecule has 0 unspecified atom stereocenters. The molecule has 3 aromatic carbocycles. The Kier molecular flexibility index (Phi) is 6.58. The molecular formula is C23H17ClF3N3O5S. The van der Waals surface area contributed by atoms with Crippen molar-refractivity contribution in [3.8, 4) is 5.69 Å². The number of nitrogens with zero attached hydrogens (tertiary/aromatic N) is 2. The molecule has 36 heavy (non-hydrogen) atoms. The third-order valence-corrected chi connectivity index (χ3v) is 6.65. The van der Waals surface area contributed by atoms with Gasteiger partial charge in [0, 0.05) is 10.7 Å². The number of rotatable bonds is 7. The Labute approximate surface area is 207 Å². The van der Waals surface area contributed by atoms with Crippen LogP contribution in [0.2, 0.25) is 5.02 Å². The number of benzene rings is 3. The molecule has 0 saturated carbocycles. The quantitative estimate of drug-likeness (QED) is 0.359. The van der Waals surface area contributed by atoms with Crippen molar-refractivity contribution in [2.24, 2.45) is 0 Å². The molecule has 2 N–H and O–H groups in total. The van der Waals surface area contributed by atoms with E-state index in [2.05, 4.69) is 0 Å². The van der Waals surface area contributed by atoms with Gasteiger partial charge in [0.15, 0.2) is 5.75 Å². The number of anilines is 1. The van der Waals surface area contributed by atoms with Gasteiger partial charge < -0.3 is 5.11 Å². The van der Waals surface area contributed by atoms with Crippen LogP contribution in [0.3, 0.4) is 0 Å². The van der Waals surface area contributed by atoms with Gasteiger partial charge in [-0.3, -0.25) is 13.9 Å². The zero-order valence-corrected chi connectivity index (χ0v) is 19.7. The highest BCUT2D eigenvalue weighted by atomic mass is 35.5. The van der Waals surface area contributed by atoms with Crippen LogP contribution in [0.4, 0.5) is 18.9 Å². The minimum absolute atomic E-state index is 0.0560. The molecule has 0 amide bonds. The molecule has 0 fully saturated rings. The van der Waals surface area contributed by atoms with Gasteiger partial charge in [-0.15, -0.1) is 0 Å². The van der Waals surface area contributed by atoms with Gasteiger partial charge in [0.2, 0.25) is 10.0 Å². The molecule has 0 saturated heterocycles. The first-order chi connectivity index (χ1) is 16.8. The number of halogens is 4. The van der Waals surface area contributed by atoms with Crippen molar-refractivity contribution in [2.75, 3.05) is 10.5 Å². The largest absolute Gasteiger partial charge is 0.478 e. The summed E-state index contributed by atoms with van der Waals surface area (Å²) in [4.78, 5) is 24.7. The Balaban J connectivity index is 1.74. The molecule has 1 heterocycles. The SMILES string of the molecule is O=C(O)c1cccc(Cn2c(=O)n(-c3ccc(NS(=O)(=O)CC(F)(F)F)cc3)c3cc(Cl)ccc32)c1. The number of imidazole rings is 1. The summed E-state index contributed by atoms with van der Waals surface area (Å²) in [6, 6.07) is 16.1. The van der Waals surface area contributed by atoms with Gasteiger partial charge in [0.25, 0.3) is 0 Å². The number of aromatic nitrogens is 2. The fraction of sp³-hybridized carbons (Fsp3) is 0.130. The Hall–Kier alpha value is -3.77. The van der Waals surface area contributed by atoms with Crippen molar-refractivity contribution >= 4 is 44.3 Å². The second-order valence-electron chi connectivity index (χ2n) is 7.87. The van der Waals surface area contributed by atoms with E-state index in [4.69, 9.17) is 11.6 Å². The molecule has 0 aliphatic rings. The van der Waals surface area contributed by atoms with Crippen LogP contribution in [0.1, 0.15) is 15.9 Å². The number of carboxylic acids is 1. The molecule has 0 radical (unpaired) electrons. The summed E-state index contributed by atoms with van der Waals surface area (Å²) in [5.74, 6) is -3.14. The zero-order chi connectivity index (χ0) is 26.3. The highest BCUT2D eigenvalue weighted by molar-refractivity contribution is 7.92. The van der Waals surface area contributed by atoms with E-state index in [0.29, 0.717) is 27.3 Å². The van der Waals surface area contributed by atoms with E-state index < -0.39 is 33.6 Å². The van der Waals surface area contributed by atoms with Gasteiger partial charge in [-0.05, 0) is 60.2 Å². The van der Waals surface area contributed by atoms with Gasteiger partial charge in [-0.25, -0.2) is 18.0 Å². The monoisotopic (exact) mass is 539 g/mol. The standard InChI is InChI=1S/C23H17ClF3N3O5S/c24-16-4-9-19-20(11-16)30(22(33)29(19)12-14-2-1-3-15(10-14)21(31)32)18-7-5-17(6-8-18)28-36(34,35)13-23(25,26)27/h1-11,28H,12-13H2,(H,31,32). The summed E-state index contributed by atoms with van der Waals surface area (Å²) in [5.41, 5.74) is 1.27. The van der Waals surface area contributed by atoms with E-state index in [9.17, 15) is 36.3 Å². The van der Waals surface area contributed by atoms with Gasteiger partial charge in [-0.1, -0.05) is 23.7 Å². The van der Waals surface area contributed by atoms with Gasteiger partial charge in [0.1, 0.15) is 0 Å². The van der Waals surface area contributed by atoms with E-state index in [1.54, 1.807) is 30.3 Å². The minimum atomic E-state index is -4.90. The maximum atomic E-state index is 13.4. The van der Waals surface area contributed by atoms with Crippen LogP contribution in [0.5, 0.6) is 0 Å². The number of hydrogen-bond acceptors (Lipinski definition) is 4. The first-order valence-corrected chi connectivity index (χ1v) is 12.3. The van der Waals surface area contributed by atoms with Crippen LogP contribution >= 0.6 is 11.6 Å². The normalized spacial score (nSPS) is 12.1. The van der Waals surface area contributed by atoms with Crippen molar-refractivity contribution in [1.29, 1.82) is 0 Å². The lowest BCUT2D eigenvalue weighted by Crippen LogP contribution is -2.27. The Morgan fingerprint density at radius 1 is 1.00 bits per heavy atom. The molecule has 0 atom stereocenters. The average molecular weight is 540 g/mol. The molecule has 4 aromatic rings. The number of aromatic carboxylic acids is 1. The summed E-state index contributed by atoms with van der Waals surface area (Å²) < 4.78 is 65.5. The zero-order valence-electron chi connectivity index (χ0n) is 18.2. The van der Waals surface area contributed by atoms with E-state index >= 15 is 0 Å². The molecule has 0 spiro atoms. The van der Waals surface area contributed by atoms with Gasteiger partial charge >= 0.3 is 17.8 Å². The second kappa shape index (κ2) is 9.36. The average Bonchev–Trinajstić information content (AvgIpc) is 3.03. The Morgan fingerprint density at radius 2 is 1.69 bits per heavy atom. The van der Waals surface area contributed by atoms with Crippen LogP contribution in [-0.2, 0) is 16.6 Å². The van der Waals surface area contributed by atoms with Crippen molar-refractivity contribution in [1.82, 2.24) is 9.13 Å². The number of sulfonamides is 1. The molecule has 8 nitrogen and oxygen atoms in total. The fourth-order valence-electron chi connectivity index (χ4n) is 3.73. The molecule has 13 heteroatoms. The summed E-state index contributed by atoms with van der Waals surface area (Å²) in [7, 11) is -4.67. The van der Waals surface area contributed by atoms with Crippen LogP contribution in [-0.4, -0.2) is 40.6 Å². The first-order valence-electron chi connectivity index (χ1n) is 10.2. The molecular weight excluding hydrogens is 523 g/mol. The lowest BCUT2D eigenvalue weighted by Gasteiger charge is -2.11. The molecule has 1 aromatic heterocycles. The van der Waals surface area contributed by atoms with E-state index in [1.165, 1.54) is 45.5 Å². The van der Waals surface area contributed by atoms with Crippen molar-refractivity contribution in [3.05, 3.63) is 93.4 Å². The Morgan fingerprint density at radius 3 is 2.33 bits per heavy atom. The lowest BCUT2D eigenvalue weighted by atomic mass is 10.1. The maximum absolute atomic E-state index is 13.4. The summed E-state index contributed by atoms with van der Waals surface area (Å²) >= 11 is 6.15. The summed E-state index contributed by atoms with van der Waals surface area (Å²) in [5, 5.41) is 9.59. The first kappa shape index (κ1) is 25.3. The molecule has 0 aliphatic heterocycles. The van der Waals surface area contributed by atoms with Gasteiger partial charge in [0.05, 0.1) is 28.8 Å². The third-order valence-electron chi connectivity index (χ3n) is 5.16. The smallest absolute Gasteiger partial charge is 0.404 e. The van der Waals surface area contributed by atoms with E-state index in [1.807, 2.05) is 4.72 Å². The summed E-state index contributed by atoms with van der Waals surface area (Å²) in [6.07, 6.45) is -4.90. The molecule has 188 valence electrons.